The highest BCUT2D eigenvalue weighted by Crippen LogP contribution is 2.29. The molecule has 5 nitrogen and oxygen atoms in total. The first-order chi connectivity index (χ1) is 9.85. The number of nitrogens with one attached hydrogen (secondary N) is 2. The largest absolute Gasteiger partial charge is 0.356 e. The van der Waals surface area contributed by atoms with Crippen molar-refractivity contribution in [3.8, 4) is 0 Å². The van der Waals surface area contributed by atoms with Crippen LogP contribution in [0.15, 0.2) is 16.6 Å². The van der Waals surface area contributed by atoms with Gasteiger partial charge >= 0.3 is 0 Å². The Bertz CT molecular complexity index is 440. The summed E-state index contributed by atoms with van der Waals surface area (Å²) < 4.78 is 0. The fourth-order valence-electron chi connectivity index (χ4n) is 2.73. The molecule has 2 aliphatic rings. The highest BCUT2D eigenvalue weighted by atomic mass is 32.1. The normalized spacial score (nSPS) is 24.1. The predicted octanol–water partition coefficient (Wildman–Crippen LogP) is 1.09. The molecule has 3 rings (SSSR count). The molecule has 2 fully saturated rings. The van der Waals surface area contributed by atoms with E-state index in [0.29, 0.717) is 6.04 Å². The van der Waals surface area contributed by atoms with Crippen LogP contribution < -0.4 is 10.6 Å². The highest BCUT2D eigenvalue weighted by molar-refractivity contribution is 7.09. The predicted molar refractivity (Wildman–Crippen MR) is 83.3 cm³/mol. The summed E-state index contributed by atoms with van der Waals surface area (Å²) >= 11 is 1.71. The lowest BCUT2D eigenvalue weighted by Crippen LogP contribution is -2.45. The zero-order chi connectivity index (χ0) is 13.8. The molecular formula is C14H23N5S. The molecule has 1 saturated heterocycles. The Hall–Kier alpha value is -1.14. The van der Waals surface area contributed by atoms with Gasteiger partial charge in [-0.3, -0.25) is 9.89 Å². The molecule has 0 aromatic carbocycles. The summed E-state index contributed by atoms with van der Waals surface area (Å²) in [5.41, 5.74) is 0. The first-order valence-electron chi connectivity index (χ1n) is 7.45. The van der Waals surface area contributed by atoms with Crippen LogP contribution in [0.25, 0.3) is 0 Å². The number of hydrogen-bond donors (Lipinski definition) is 2. The van der Waals surface area contributed by atoms with E-state index in [1.165, 1.54) is 30.8 Å². The second-order valence-corrected chi connectivity index (χ2v) is 6.51. The minimum atomic E-state index is 0.543. The van der Waals surface area contributed by atoms with Crippen LogP contribution in [0.4, 0.5) is 0 Å². The summed E-state index contributed by atoms with van der Waals surface area (Å²) in [6, 6.07) is 1.42. The molecule has 2 N–H and O–H groups in total. The molecule has 1 aromatic rings. The van der Waals surface area contributed by atoms with Crippen LogP contribution in [-0.2, 0) is 6.42 Å². The molecule has 6 heteroatoms. The molecule has 1 saturated carbocycles. The van der Waals surface area contributed by atoms with E-state index in [0.717, 1.165) is 31.5 Å². The van der Waals surface area contributed by atoms with Crippen LogP contribution in [0.1, 0.15) is 24.3 Å². The van der Waals surface area contributed by atoms with Crippen LogP contribution >= 0.6 is 11.3 Å². The molecule has 1 aliphatic heterocycles. The third-order valence-electron chi connectivity index (χ3n) is 3.96. The number of hydrogen-bond acceptors (Lipinski definition) is 4. The smallest absolute Gasteiger partial charge is 0.191 e. The van der Waals surface area contributed by atoms with Crippen LogP contribution in [0.3, 0.4) is 0 Å². The lowest BCUT2D eigenvalue weighted by molar-refractivity contribution is 0.321. The second-order valence-electron chi connectivity index (χ2n) is 5.53. The number of guanidine groups is 1. The minimum Gasteiger partial charge on any atom is -0.356 e. The third-order valence-corrected chi connectivity index (χ3v) is 4.80. The maximum Gasteiger partial charge on any atom is 0.191 e. The van der Waals surface area contributed by atoms with E-state index in [9.17, 15) is 0 Å². The lowest BCUT2D eigenvalue weighted by atomic mass is 10.3. The Morgan fingerprint density at radius 2 is 2.40 bits per heavy atom. The van der Waals surface area contributed by atoms with Crippen LogP contribution in [0.5, 0.6) is 0 Å². The average Bonchev–Trinajstić information content (AvgIpc) is 2.99. The maximum absolute atomic E-state index is 4.31. The van der Waals surface area contributed by atoms with Crippen molar-refractivity contribution in [3.63, 3.8) is 0 Å². The first kappa shape index (κ1) is 13.8. The quantitative estimate of drug-likeness (QED) is 0.630. The van der Waals surface area contributed by atoms with Gasteiger partial charge in [-0.1, -0.05) is 0 Å². The molecule has 2 heterocycles. The highest BCUT2D eigenvalue weighted by Gasteiger charge is 2.34. The molecule has 1 unspecified atom stereocenters. The van der Waals surface area contributed by atoms with E-state index in [2.05, 4.69) is 25.5 Å². The Morgan fingerprint density at radius 1 is 1.50 bits per heavy atom. The van der Waals surface area contributed by atoms with E-state index in [4.69, 9.17) is 0 Å². The molecule has 1 atom stereocenters. The molecule has 1 aromatic heterocycles. The van der Waals surface area contributed by atoms with Crippen molar-refractivity contribution < 1.29 is 0 Å². The molecule has 20 heavy (non-hydrogen) atoms. The van der Waals surface area contributed by atoms with E-state index in [1.807, 2.05) is 18.6 Å². The topological polar surface area (TPSA) is 52.6 Å². The van der Waals surface area contributed by atoms with Gasteiger partial charge in [-0.15, -0.1) is 11.3 Å². The number of nitrogens with zero attached hydrogens (tertiary/aromatic N) is 3. The third kappa shape index (κ3) is 3.70. The van der Waals surface area contributed by atoms with Gasteiger partial charge < -0.3 is 10.6 Å². The number of likely N-dealkylation sites (tertiary alicyclic amines) is 1. The zero-order valence-electron chi connectivity index (χ0n) is 12.0. The van der Waals surface area contributed by atoms with Gasteiger partial charge in [0.25, 0.3) is 0 Å². The summed E-state index contributed by atoms with van der Waals surface area (Å²) in [5, 5.41) is 10.1. The average molecular weight is 293 g/mol. The standard InChI is InChI=1S/C14H23N5S/c1-15-14(17-6-4-13-16-7-9-20-13)18-11-5-8-19(10-11)12-2-3-12/h7,9,11-12H,2-6,8,10H2,1H3,(H2,15,17,18). The van der Waals surface area contributed by atoms with Gasteiger partial charge in [0.15, 0.2) is 5.96 Å². The summed E-state index contributed by atoms with van der Waals surface area (Å²) in [7, 11) is 1.84. The molecule has 0 amide bonds. The first-order valence-corrected chi connectivity index (χ1v) is 8.32. The van der Waals surface area contributed by atoms with E-state index in [1.54, 1.807) is 11.3 Å². The van der Waals surface area contributed by atoms with Gasteiger partial charge in [-0.05, 0) is 19.3 Å². The van der Waals surface area contributed by atoms with Crippen molar-refractivity contribution in [3.05, 3.63) is 16.6 Å². The van der Waals surface area contributed by atoms with Gasteiger partial charge in [-0.2, -0.15) is 0 Å². The van der Waals surface area contributed by atoms with E-state index < -0.39 is 0 Å². The maximum atomic E-state index is 4.31. The van der Waals surface area contributed by atoms with E-state index in [-0.39, 0.29) is 0 Å². The number of aliphatic imine (C=N–C) groups is 1. The lowest BCUT2D eigenvalue weighted by Gasteiger charge is -2.18. The summed E-state index contributed by atoms with van der Waals surface area (Å²) in [6.45, 7) is 3.28. The van der Waals surface area contributed by atoms with Crippen molar-refractivity contribution in [1.82, 2.24) is 20.5 Å². The van der Waals surface area contributed by atoms with Gasteiger partial charge in [0.2, 0.25) is 0 Å². The zero-order valence-corrected chi connectivity index (χ0v) is 12.8. The Kier molecular flexibility index (Phi) is 4.52. The summed E-state index contributed by atoms with van der Waals surface area (Å²) in [5.74, 6) is 0.921. The van der Waals surface area contributed by atoms with Crippen LogP contribution in [-0.4, -0.2) is 54.6 Å². The van der Waals surface area contributed by atoms with Crippen molar-refractivity contribution >= 4 is 17.3 Å². The number of thiazole rings is 1. The van der Waals surface area contributed by atoms with E-state index >= 15 is 0 Å². The van der Waals surface area contributed by atoms with Crippen LogP contribution in [0, 0.1) is 0 Å². The molecular weight excluding hydrogens is 270 g/mol. The SMILES string of the molecule is CN=C(NCCc1nccs1)NC1CCN(C2CC2)C1. The Balaban J connectivity index is 1.38. The van der Waals surface area contributed by atoms with Gasteiger partial charge in [-0.25, -0.2) is 4.98 Å². The van der Waals surface area contributed by atoms with Gasteiger partial charge in [0, 0.05) is 56.8 Å². The number of rotatable bonds is 5. The Morgan fingerprint density at radius 3 is 3.10 bits per heavy atom. The molecule has 110 valence electrons. The fourth-order valence-corrected chi connectivity index (χ4v) is 3.35. The van der Waals surface area contributed by atoms with Crippen molar-refractivity contribution in [2.24, 2.45) is 4.99 Å². The second kappa shape index (κ2) is 6.54. The van der Waals surface area contributed by atoms with Gasteiger partial charge in [0.05, 0.1) is 5.01 Å². The van der Waals surface area contributed by atoms with Crippen molar-refractivity contribution in [1.29, 1.82) is 0 Å². The fraction of sp³-hybridized carbons (Fsp3) is 0.714. The van der Waals surface area contributed by atoms with Gasteiger partial charge in [0.1, 0.15) is 0 Å². The molecule has 0 radical (unpaired) electrons. The summed E-state index contributed by atoms with van der Waals surface area (Å²) in [6.07, 6.45) is 6.83. The van der Waals surface area contributed by atoms with Crippen molar-refractivity contribution in [2.45, 2.75) is 37.8 Å². The van der Waals surface area contributed by atoms with Crippen molar-refractivity contribution in [2.75, 3.05) is 26.7 Å². The van der Waals surface area contributed by atoms with Crippen LogP contribution in [0.2, 0.25) is 0 Å². The monoisotopic (exact) mass is 293 g/mol. The molecule has 0 bridgehead atoms. The number of aromatic nitrogens is 1. The Labute approximate surface area is 124 Å². The molecule has 0 spiro atoms. The minimum absolute atomic E-state index is 0.543. The summed E-state index contributed by atoms with van der Waals surface area (Å²) in [4.78, 5) is 11.2. The molecule has 1 aliphatic carbocycles.